The van der Waals surface area contributed by atoms with Crippen molar-refractivity contribution in [3.05, 3.63) is 0 Å². The highest BCUT2D eigenvalue weighted by Gasteiger charge is 1.86. The molecule has 1 nitrogen and oxygen atoms in total. The van der Waals surface area contributed by atoms with Gasteiger partial charge in [-0.25, -0.2) is 0 Å². The van der Waals surface area contributed by atoms with Crippen LogP contribution >= 0.6 is 11.8 Å². The molecule has 0 aromatic rings. The van der Waals surface area contributed by atoms with Gasteiger partial charge in [0, 0.05) is 5.88 Å². The van der Waals surface area contributed by atoms with Crippen LogP contribution in [0.2, 0.25) is 0 Å². The molecule has 9 heavy (non-hydrogen) atoms. The molecule has 0 rings (SSSR count). The fourth-order valence-electron chi connectivity index (χ4n) is 0.312. The summed E-state index contributed by atoms with van der Waals surface area (Å²) in [4.78, 5) is 2.27. The van der Waals surface area contributed by atoms with E-state index in [0.29, 0.717) is 0 Å². The van der Waals surface area contributed by atoms with Crippen LogP contribution in [-0.2, 0) is 0 Å². The van der Waals surface area contributed by atoms with Crippen molar-refractivity contribution in [2.24, 2.45) is 0 Å². The second-order valence-corrected chi connectivity index (χ2v) is 2.43. The number of rotatable bonds is 3. The van der Waals surface area contributed by atoms with Crippen LogP contribution in [0.1, 0.15) is 20.8 Å². The van der Waals surface area contributed by atoms with Crippen LogP contribution in [0.25, 0.3) is 0 Å². The highest BCUT2D eigenvalue weighted by molar-refractivity contribution is 7.98. The SMILES string of the molecule is CC.CCN(C)CSC. The second-order valence-electron chi connectivity index (χ2n) is 1.59. The molecule has 0 aromatic carbocycles. The van der Waals surface area contributed by atoms with Gasteiger partial charge in [-0.3, -0.25) is 4.90 Å². The molecule has 0 atom stereocenters. The van der Waals surface area contributed by atoms with Crippen LogP contribution in [0.3, 0.4) is 0 Å². The Morgan fingerprint density at radius 1 is 1.33 bits per heavy atom. The van der Waals surface area contributed by atoms with E-state index in [4.69, 9.17) is 0 Å². The van der Waals surface area contributed by atoms with Crippen molar-refractivity contribution >= 4 is 11.8 Å². The predicted octanol–water partition coefficient (Wildman–Crippen LogP) is 2.28. The van der Waals surface area contributed by atoms with E-state index in [0.717, 1.165) is 12.4 Å². The van der Waals surface area contributed by atoms with Gasteiger partial charge in [-0.1, -0.05) is 20.8 Å². The maximum absolute atomic E-state index is 2.27. The Labute approximate surface area is 63.8 Å². The van der Waals surface area contributed by atoms with E-state index in [-0.39, 0.29) is 0 Å². The van der Waals surface area contributed by atoms with E-state index in [1.54, 1.807) is 0 Å². The van der Waals surface area contributed by atoms with Gasteiger partial charge in [0.1, 0.15) is 0 Å². The number of nitrogens with zero attached hydrogens (tertiary/aromatic N) is 1. The minimum atomic E-state index is 1.15. The third-order valence-corrected chi connectivity index (χ3v) is 1.59. The first kappa shape index (κ1) is 12.0. The van der Waals surface area contributed by atoms with E-state index in [9.17, 15) is 0 Å². The summed E-state index contributed by atoms with van der Waals surface area (Å²) in [5.74, 6) is 1.15. The van der Waals surface area contributed by atoms with Crippen LogP contribution in [0, 0.1) is 0 Å². The van der Waals surface area contributed by atoms with E-state index >= 15 is 0 Å². The smallest absolute Gasteiger partial charge is 0.0438 e. The molecule has 58 valence electrons. The molecule has 0 amide bonds. The Kier molecular flexibility index (Phi) is 14.9. The van der Waals surface area contributed by atoms with E-state index < -0.39 is 0 Å². The fraction of sp³-hybridized carbons (Fsp3) is 1.00. The topological polar surface area (TPSA) is 3.24 Å². The molecule has 0 N–H and O–H groups in total. The third-order valence-electron chi connectivity index (χ3n) is 0.889. The zero-order valence-electron chi connectivity index (χ0n) is 7.27. The van der Waals surface area contributed by atoms with Crippen molar-refractivity contribution < 1.29 is 0 Å². The molecule has 0 spiro atoms. The molecule has 0 saturated carbocycles. The summed E-state index contributed by atoms with van der Waals surface area (Å²) in [5.41, 5.74) is 0. The maximum atomic E-state index is 2.27. The molecule has 0 fully saturated rings. The first-order valence-electron chi connectivity index (χ1n) is 3.48. The first-order chi connectivity index (χ1) is 4.31. The number of hydrogen-bond donors (Lipinski definition) is 0. The lowest BCUT2D eigenvalue weighted by molar-refractivity contribution is 0.417. The molecule has 0 heterocycles. The first-order valence-corrected chi connectivity index (χ1v) is 4.88. The Balaban J connectivity index is 0. The largest absolute Gasteiger partial charge is 0.297 e. The summed E-state index contributed by atoms with van der Waals surface area (Å²) in [6, 6.07) is 0. The fourth-order valence-corrected chi connectivity index (χ4v) is 0.935. The molecule has 0 saturated heterocycles. The molecule has 0 radical (unpaired) electrons. The second kappa shape index (κ2) is 11.2. The lowest BCUT2D eigenvalue weighted by Gasteiger charge is -2.09. The molecular formula is C7H19NS. The van der Waals surface area contributed by atoms with Gasteiger partial charge in [-0.05, 0) is 19.8 Å². The van der Waals surface area contributed by atoms with Crippen LogP contribution < -0.4 is 0 Å². The lowest BCUT2D eigenvalue weighted by Crippen LogP contribution is -2.15. The van der Waals surface area contributed by atoms with Crippen molar-refractivity contribution in [2.75, 3.05) is 25.7 Å². The third kappa shape index (κ3) is 11.7. The van der Waals surface area contributed by atoms with Crippen molar-refractivity contribution in [3.63, 3.8) is 0 Å². The van der Waals surface area contributed by atoms with E-state index in [1.807, 2.05) is 25.6 Å². The summed E-state index contributed by atoms with van der Waals surface area (Å²) in [7, 11) is 2.12. The minimum Gasteiger partial charge on any atom is -0.297 e. The summed E-state index contributed by atoms with van der Waals surface area (Å²) in [5, 5.41) is 0. The highest BCUT2D eigenvalue weighted by atomic mass is 32.2. The monoisotopic (exact) mass is 149 g/mol. The Morgan fingerprint density at radius 2 is 1.78 bits per heavy atom. The summed E-state index contributed by atoms with van der Waals surface area (Å²) < 4.78 is 0. The van der Waals surface area contributed by atoms with Gasteiger partial charge >= 0.3 is 0 Å². The van der Waals surface area contributed by atoms with Crippen LogP contribution in [-0.4, -0.2) is 30.6 Å². The maximum Gasteiger partial charge on any atom is 0.0438 e. The van der Waals surface area contributed by atoms with Gasteiger partial charge in [0.05, 0.1) is 0 Å². The summed E-state index contributed by atoms with van der Waals surface area (Å²) in [6.45, 7) is 7.32. The van der Waals surface area contributed by atoms with Crippen LogP contribution in [0.15, 0.2) is 0 Å². The average molecular weight is 149 g/mol. The Hall–Kier alpha value is 0.310. The van der Waals surface area contributed by atoms with Gasteiger partial charge in [0.2, 0.25) is 0 Å². The number of hydrogen-bond acceptors (Lipinski definition) is 2. The van der Waals surface area contributed by atoms with Gasteiger partial charge in [0.25, 0.3) is 0 Å². The van der Waals surface area contributed by atoms with Crippen LogP contribution in [0.4, 0.5) is 0 Å². The van der Waals surface area contributed by atoms with Crippen molar-refractivity contribution in [1.82, 2.24) is 4.90 Å². The molecule has 0 aliphatic heterocycles. The predicted molar refractivity (Wildman–Crippen MR) is 48.0 cm³/mol. The zero-order valence-corrected chi connectivity index (χ0v) is 8.09. The van der Waals surface area contributed by atoms with Gasteiger partial charge in [-0.2, -0.15) is 0 Å². The lowest BCUT2D eigenvalue weighted by atomic mass is 10.7. The highest BCUT2D eigenvalue weighted by Crippen LogP contribution is 1.93. The Bertz CT molecular complexity index is 39.9. The van der Waals surface area contributed by atoms with E-state index in [1.165, 1.54) is 0 Å². The molecular weight excluding hydrogens is 130 g/mol. The number of thioether (sulfide) groups is 1. The van der Waals surface area contributed by atoms with E-state index in [2.05, 4.69) is 25.1 Å². The quantitative estimate of drug-likeness (QED) is 0.566. The van der Waals surface area contributed by atoms with Crippen LogP contribution in [0.5, 0.6) is 0 Å². The molecule has 0 aliphatic carbocycles. The van der Waals surface area contributed by atoms with Gasteiger partial charge < -0.3 is 0 Å². The Morgan fingerprint density at radius 3 is 1.89 bits per heavy atom. The van der Waals surface area contributed by atoms with Gasteiger partial charge in [0.15, 0.2) is 0 Å². The molecule has 2 heteroatoms. The normalized spacial score (nSPS) is 8.67. The minimum absolute atomic E-state index is 1.15. The summed E-state index contributed by atoms with van der Waals surface area (Å²) >= 11 is 1.86. The average Bonchev–Trinajstić information content (AvgIpc) is 1.93. The van der Waals surface area contributed by atoms with Crippen molar-refractivity contribution in [3.8, 4) is 0 Å². The molecule has 0 aliphatic rings. The van der Waals surface area contributed by atoms with Gasteiger partial charge in [-0.15, -0.1) is 11.8 Å². The summed E-state index contributed by atoms with van der Waals surface area (Å²) in [6.07, 6.45) is 2.12. The molecule has 0 bridgehead atoms. The molecule has 0 aromatic heterocycles. The standard InChI is InChI=1S/C5H13NS.C2H6/c1-4-6(2)5-7-3;1-2/h4-5H2,1-3H3;1-2H3. The zero-order chi connectivity index (χ0) is 7.70. The van der Waals surface area contributed by atoms with Crippen molar-refractivity contribution in [1.29, 1.82) is 0 Å². The molecule has 0 unspecified atom stereocenters. The van der Waals surface area contributed by atoms with Crippen molar-refractivity contribution in [2.45, 2.75) is 20.8 Å².